The highest BCUT2D eigenvalue weighted by Gasteiger charge is 2.05. The van der Waals surface area contributed by atoms with E-state index in [0.717, 1.165) is 0 Å². The summed E-state index contributed by atoms with van der Waals surface area (Å²) < 4.78 is 10.2. The summed E-state index contributed by atoms with van der Waals surface area (Å²) in [7, 11) is 0. The first kappa shape index (κ1) is 15.2. The lowest BCUT2D eigenvalue weighted by Crippen LogP contribution is -2.07. The van der Waals surface area contributed by atoms with Gasteiger partial charge in [-0.1, -0.05) is 11.6 Å². The van der Waals surface area contributed by atoms with E-state index in [9.17, 15) is 9.59 Å². The number of hydrogen-bond acceptors (Lipinski definition) is 4. The molecule has 1 aromatic rings. The molecule has 1 aromatic carbocycles. The lowest BCUT2D eigenvalue weighted by Gasteiger charge is -2.07. The minimum absolute atomic E-state index is 0.174. The molecule has 0 aromatic heterocycles. The number of rotatable bonds is 6. The first-order valence-corrected chi connectivity index (χ1v) is 6.17. The molecule has 0 atom stereocenters. The van der Waals surface area contributed by atoms with E-state index < -0.39 is 0 Å². The quantitative estimate of drug-likeness (QED) is 0.457. The van der Waals surface area contributed by atoms with Crippen LogP contribution in [0.3, 0.4) is 0 Å². The third-order valence-corrected chi connectivity index (χ3v) is 2.56. The van der Waals surface area contributed by atoms with Crippen molar-refractivity contribution in [3.63, 3.8) is 0 Å². The summed E-state index contributed by atoms with van der Waals surface area (Å²) in [4.78, 5) is 22.2. The number of ether oxygens (including phenoxy) is 2. The number of carbonyl (C=O) groups is 2. The second-order valence-corrected chi connectivity index (χ2v) is 4.16. The zero-order valence-corrected chi connectivity index (χ0v) is 11.6. The van der Waals surface area contributed by atoms with E-state index in [0.29, 0.717) is 34.8 Å². The summed E-state index contributed by atoms with van der Waals surface area (Å²) in [5.41, 5.74) is 0.832. The van der Waals surface area contributed by atoms with Crippen LogP contribution in [0.5, 0.6) is 5.75 Å². The highest BCUT2D eigenvalue weighted by Crippen LogP contribution is 2.21. The molecule has 0 radical (unpaired) electrons. The largest absolute Gasteiger partial charge is 0.489 e. The van der Waals surface area contributed by atoms with Gasteiger partial charge < -0.3 is 9.47 Å². The average molecular weight is 283 g/mol. The topological polar surface area (TPSA) is 52.6 Å². The molecule has 0 amide bonds. The monoisotopic (exact) mass is 282 g/mol. The number of aldehydes is 1. The fourth-order valence-corrected chi connectivity index (χ4v) is 1.51. The van der Waals surface area contributed by atoms with Crippen LogP contribution in [-0.4, -0.2) is 25.5 Å². The SMILES string of the molecule is CCOC(=O)/C(C)=C/COc1ccc(Cl)cc1C=O. The molecule has 0 aliphatic carbocycles. The molecule has 0 unspecified atom stereocenters. The summed E-state index contributed by atoms with van der Waals surface area (Å²) in [5, 5.41) is 0.465. The van der Waals surface area contributed by atoms with Gasteiger partial charge in [0, 0.05) is 10.6 Å². The Balaban J connectivity index is 2.65. The van der Waals surface area contributed by atoms with Gasteiger partial charge in [-0.2, -0.15) is 0 Å². The first-order valence-electron chi connectivity index (χ1n) is 5.80. The Morgan fingerprint density at radius 2 is 2.16 bits per heavy atom. The Morgan fingerprint density at radius 3 is 2.79 bits per heavy atom. The summed E-state index contributed by atoms with van der Waals surface area (Å²) >= 11 is 5.77. The minimum Gasteiger partial charge on any atom is -0.489 e. The number of halogens is 1. The van der Waals surface area contributed by atoms with Gasteiger partial charge in [0.05, 0.1) is 12.2 Å². The maximum Gasteiger partial charge on any atom is 0.333 e. The molecular weight excluding hydrogens is 268 g/mol. The van der Waals surface area contributed by atoms with Crippen molar-refractivity contribution in [2.75, 3.05) is 13.2 Å². The highest BCUT2D eigenvalue weighted by molar-refractivity contribution is 6.30. The van der Waals surface area contributed by atoms with E-state index in [1.165, 1.54) is 6.07 Å². The number of benzene rings is 1. The molecule has 5 heteroatoms. The molecule has 0 fully saturated rings. The molecule has 0 aliphatic heterocycles. The van der Waals surface area contributed by atoms with Gasteiger partial charge in [0.1, 0.15) is 12.4 Å². The highest BCUT2D eigenvalue weighted by atomic mass is 35.5. The molecule has 1 rings (SSSR count). The Labute approximate surface area is 117 Å². The van der Waals surface area contributed by atoms with Crippen molar-refractivity contribution in [3.05, 3.63) is 40.4 Å². The second-order valence-electron chi connectivity index (χ2n) is 3.72. The molecule has 102 valence electrons. The van der Waals surface area contributed by atoms with Crippen LogP contribution >= 0.6 is 11.6 Å². The molecule has 0 aliphatic rings. The molecular formula is C14H15ClO4. The van der Waals surface area contributed by atoms with E-state index in [2.05, 4.69) is 0 Å². The van der Waals surface area contributed by atoms with Crippen molar-refractivity contribution in [1.29, 1.82) is 0 Å². The van der Waals surface area contributed by atoms with Crippen molar-refractivity contribution in [1.82, 2.24) is 0 Å². The Kier molecular flexibility index (Phi) is 6.09. The van der Waals surface area contributed by atoms with Gasteiger partial charge in [0.2, 0.25) is 0 Å². The fraction of sp³-hybridized carbons (Fsp3) is 0.286. The van der Waals surface area contributed by atoms with Crippen LogP contribution in [0.1, 0.15) is 24.2 Å². The van der Waals surface area contributed by atoms with E-state index in [1.807, 2.05) is 0 Å². The molecule has 0 bridgehead atoms. The van der Waals surface area contributed by atoms with Crippen LogP contribution in [0.25, 0.3) is 0 Å². The fourth-order valence-electron chi connectivity index (χ4n) is 1.33. The van der Waals surface area contributed by atoms with Crippen molar-refractivity contribution in [3.8, 4) is 5.75 Å². The summed E-state index contributed by atoms with van der Waals surface area (Å²) in [6.45, 7) is 3.89. The summed E-state index contributed by atoms with van der Waals surface area (Å²) in [5.74, 6) is 0.0464. The van der Waals surface area contributed by atoms with Crippen LogP contribution in [0, 0.1) is 0 Å². The van der Waals surface area contributed by atoms with E-state index in [1.54, 1.807) is 32.1 Å². The maximum atomic E-state index is 11.3. The smallest absolute Gasteiger partial charge is 0.333 e. The lowest BCUT2D eigenvalue weighted by atomic mass is 10.2. The molecule has 4 nitrogen and oxygen atoms in total. The van der Waals surface area contributed by atoms with Crippen molar-refractivity contribution >= 4 is 23.9 Å². The normalized spacial score (nSPS) is 11.0. The third-order valence-electron chi connectivity index (χ3n) is 2.32. The van der Waals surface area contributed by atoms with Gasteiger partial charge in [-0.25, -0.2) is 4.79 Å². The van der Waals surface area contributed by atoms with Gasteiger partial charge in [-0.15, -0.1) is 0 Å². The summed E-state index contributed by atoms with van der Waals surface area (Å²) in [6.07, 6.45) is 2.27. The van der Waals surface area contributed by atoms with E-state index in [-0.39, 0.29) is 12.6 Å². The van der Waals surface area contributed by atoms with Crippen LogP contribution in [0.15, 0.2) is 29.8 Å². The number of hydrogen-bond donors (Lipinski definition) is 0. The van der Waals surface area contributed by atoms with Gasteiger partial charge in [-0.3, -0.25) is 4.79 Å². The van der Waals surface area contributed by atoms with Crippen LogP contribution in [0.4, 0.5) is 0 Å². The minimum atomic E-state index is -0.377. The Hall–Kier alpha value is -1.81. The van der Waals surface area contributed by atoms with Crippen LogP contribution in [-0.2, 0) is 9.53 Å². The zero-order valence-electron chi connectivity index (χ0n) is 10.8. The summed E-state index contributed by atoms with van der Waals surface area (Å²) in [6, 6.07) is 4.76. The molecule has 0 spiro atoms. The Morgan fingerprint density at radius 1 is 1.42 bits per heavy atom. The van der Waals surface area contributed by atoms with Gasteiger partial charge in [0.15, 0.2) is 6.29 Å². The Bertz CT molecular complexity index is 494. The maximum absolute atomic E-state index is 11.3. The third kappa shape index (κ3) is 4.75. The molecule has 19 heavy (non-hydrogen) atoms. The van der Waals surface area contributed by atoms with Crippen LogP contribution < -0.4 is 4.74 Å². The number of carbonyl (C=O) groups excluding carboxylic acids is 2. The van der Waals surface area contributed by atoms with Crippen molar-refractivity contribution in [2.45, 2.75) is 13.8 Å². The number of esters is 1. The first-order chi connectivity index (χ1) is 9.08. The van der Waals surface area contributed by atoms with Gasteiger partial charge in [-0.05, 0) is 38.1 Å². The molecule has 0 heterocycles. The zero-order chi connectivity index (χ0) is 14.3. The van der Waals surface area contributed by atoms with Crippen molar-refractivity contribution in [2.24, 2.45) is 0 Å². The predicted octanol–water partition coefficient (Wildman–Crippen LogP) is 3.04. The standard InChI is InChI=1S/C14H15ClO4/c1-3-18-14(17)10(2)6-7-19-13-5-4-12(15)8-11(13)9-16/h4-6,8-9H,3,7H2,1-2H3/b10-6+. The average Bonchev–Trinajstić information content (AvgIpc) is 2.40. The van der Waals surface area contributed by atoms with Gasteiger partial charge in [0.25, 0.3) is 0 Å². The van der Waals surface area contributed by atoms with Crippen molar-refractivity contribution < 1.29 is 19.1 Å². The predicted molar refractivity (Wildman–Crippen MR) is 72.7 cm³/mol. The van der Waals surface area contributed by atoms with E-state index in [4.69, 9.17) is 21.1 Å². The lowest BCUT2D eigenvalue weighted by molar-refractivity contribution is -0.138. The van der Waals surface area contributed by atoms with E-state index >= 15 is 0 Å². The molecule has 0 saturated heterocycles. The van der Waals surface area contributed by atoms with Gasteiger partial charge >= 0.3 is 5.97 Å². The molecule has 0 N–H and O–H groups in total. The van der Waals surface area contributed by atoms with Crippen LogP contribution in [0.2, 0.25) is 5.02 Å². The second kappa shape index (κ2) is 7.59. The molecule has 0 saturated carbocycles.